The molecule has 0 aromatic heterocycles. The first-order chi connectivity index (χ1) is 10.1. The molecule has 2 rings (SSSR count). The quantitative estimate of drug-likeness (QED) is 0.853. The van der Waals surface area contributed by atoms with E-state index >= 15 is 0 Å². The molecule has 0 spiro atoms. The zero-order valence-corrected chi connectivity index (χ0v) is 12.3. The molecular weight excluding hydrogens is 268 g/mol. The molecule has 1 aromatic rings. The Morgan fingerprint density at radius 3 is 2.95 bits per heavy atom. The van der Waals surface area contributed by atoms with Gasteiger partial charge in [-0.25, -0.2) is 4.79 Å². The van der Waals surface area contributed by atoms with Crippen molar-refractivity contribution in [3.05, 3.63) is 35.4 Å². The lowest BCUT2D eigenvalue weighted by atomic mass is 9.93. The summed E-state index contributed by atoms with van der Waals surface area (Å²) in [6, 6.07) is 8.47. The first kappa shape index (κ1) is 15.5. The van der Waals surface area contributed by atoms with E-state index in [2.05, 4.69) is 6.07 Å². The molecule has 5 nitrogen and oxygen atoms in total. The molecule has 5 heteroatoms. The molecule has 1 aliphatic rings. The number of methoxy groups -OCH3 is 1. The third-order valence-corrected chi connectivity index (χ3v) is 4.07. The van der Waals surface area contributed by atoms with E-state index in [9.17, 15) is 9.90 Å². The summed E-state index contributed by atoms with van der Waals surface area (Å²) in [7, 11) is 1.35. The van der Waals surface area contributed by atoms with Crippen molar-refractivity contribution in [1.29, 1.82) is 5.26 Å². The van der Waals surface area contributed by atoms with E-state index in [-0.39, 0.29) is 11.9 Å². The number of nitrogens with zero attached hydrogens (tertiary/aromatic N) is 2. The normalized spacial score (nSPS) is 24.1. The van der Waals surface area contributed by atoms with Crippen LogP contribution in [0.5, 0.6) is 0 Å². The van der Waals surface area contributed by atoms with Crippen LogP contribution in [0.4, 0.5) is 0 Å². The number of β-amino-alcohol motifs (C(OH)–C–C–N with tert-alkyl or cyclic N) is 1. The van der Waals surface area contributed by atoms with Crippen LogP contribution >= 0.6 is 0 Å². The van der Waals surface area contributed by atoms with Gasteiger partial charge >= 0.3 is 5.97 Å². The largest absolute Gasteiger partial charge is 0.468 e. The van der Waals surface area contributed by atoms with Crippen LogP contribution in [0.25, 0.3) is 0 Å². The van der Waals surface area contributed by atoms with Gasteiger partial charge in [-0.1, -0.05) is 19.1 Å². The van der Waals surface area contributed by atoms with E-state index < -0.39 is 12.1 Å². The number of aliphatic hydroxyl groups excluding tert-OH is 1. The van der Waals surface area contributed by atoms with E-state index in [1.165, 1.54) is 7.11 Å². The molecule has 0 amide bonds. The second kappa shape index (κ2) is 6.70. The Labute approximate surface area is 124 Å². The number of ether oxygens (including phenoxy) is 1. The van der Waals surface area contributed by atoms with Crippen LogP contribution in [0.15, 0.2) is 24.3 Å². The summed E-state index contributed by atoms with van der Waals surface area (Å²) in [4.78, 5) is 14.1. The van der Waals surface area contributed by atoms with Crippen LogP contribution in [0.2, 0.25) is 0 Å². The summed E-state index contributed by atoms with van der Waals surface area (Å²) in [5, 5.41) is 19.1. The van der Waals surface area contributed by atoms with Crippen LogP contribution in [-0.2, 0) is 9.53 Å². The third kappa shape index (κ3) is 3.41. The molecule has 112 valence electrons. The fraction of sp³-hybridized carbons (Fsp3) is 0.500. The van der Waals surface area contributed by atoms with Gasteiger partial charge in [-0.15, -0.1) is 0 Å². The van der Waals surface area contributed by atoms with Gasteiger partial charge < -0.3 is 9.84 Å². The smallest absolute Gasteiger partial charge is 0.327 e. The van der Waals surface area contributed by atoms with Crippen LogP contribution < -0.4 is 0 Å². The van der Waals surface area contributed by atoms with Gasteiger partial charge in [0.2, 0.25) is 0 Å². The van der Waals surface area contributed by atoms with Gasteiger partial charge in [0.1, 0.15) is 6.04 Å². The fourth-order valence-electron chi connectivity index (χ4n) is 2.69. The summed E-state index contributed by atoms with van der Waals surface area (Å²) >= 11 is 0. The van der Waals surface area contributed by atoms with Gasteiger partial charge in [-0.2, -0.15) is 5.26 Å². The first-order valence-electron chi connectivity index (χ1n) is 7.06. The highest BCUT2D eigenvalue weighted by Crippen LogP contribution is 2.28. The molecule has 1 heterocycles. The number of esters is 1. The van der Waals surface area contributed by atoms with Gasteiger partial charge in [0.25, 0.3) is 0 Å². The fourth-order valence-corrected chi connectivity index (χ4v) is 2.69. The van der Waals surface area contributed by atoms with Crippen LogP contribution in [0.3, 0.4) is 0 Å². The van der Waals surface area contributed by atoms with Crippen molar-refractivity contribution in [3.8, 4) is 6.07 Å². The Morgan fingerprint density at radius 1 is 1.57 bits per heavy atom. The minimum atomic E-state index is -0.578. The Hall–Kier alpha value is -1.90. The zero-order chi connectivity index (χ0) is 15.4. The monoisotopic (exact) mass is 288 g/mol. The lowest BCUT2D eigenvalue weighted by Gasteiger charge is -2.38. The predicted molar refractivity (Wildman–Crippen MR) is 77.3 cm³/mol. The van der Waals surface area contributed by atoms with E-state index in [0.717, 1.165) is 18.5 Å². The van der Waals surface area contributed by atoms with Gasteiger partial charge in [0.05, 0.1) is 24.8 Å². The molecule has 0 radical (unpaired) electrons. The highest BCUT2D eigenvalue weighted by atomic mass is 16.5. The van der Waals surface area contributed by atoms with Crippen LogP contribution in [0, 0.1) is 17.2 Å². The minimum absolute atomic E-state index is 0.227. The third-order valence-electron chi connectivity index (χ3n) is 4.07. The molecule has 1 fully saturated rings. The Bertz CT molecular complexity index is 553. The summed E-state index contributed by atoms with van der Waals surface area (Å²) in [5.41, 5.74) is 1.23. The molecule has 1 N–H and O–H groups in total. The molecular formula is C16H20N2O3. The summed E-state index contributed by atoms with van der Waals surface area (Å²) in [5.74, 6) is -0.142. The Kier molecular flexibility index (Phi) is 4.94. The lowest BCUT2D eigenvalue weighted by Crippen LogP contribution is -2.46. The number of rotatable bonds is 3. The number of nitriles is 1. The van der Waals surface area contributed by atoms with Gasteiger partial charge in [-0.3, -0.25) is 4.90 Å². The van der Waals surface area contributed by atoms with Crippen molar-refractivity contribution in [1.82, 2.24) is 4.90 Å². The first-order valence-corrected chi connectivity index (χ1v) is 7.06. The van der Waals surface area contributed by atoms with Gasteiger partial charge in [-0.05, 0) is 36.6 Å². The topological polar surface area (TPSA) is 73.6 Å². The van der Waals surface area contributed by atoms with Crippen molar-refractivity contribution in [2.24, 2.45) is 5.92 Å². The molecule has 0 aliphatic carbocycles. The van der Waals surface area contributed by atoms with Crippen LogP contribution in [0.1, 0.15) is 30.5 Å². The summed E-state index contributed by atoms with van der Waals surface area (Å²) < 4.78 is 4.91. The number of hydrogen-bond donors (Lipinski definition) is 1. The van der Waals surface area contributed by atoms with E-state index in [4.69, 9.17) is 10.00 Å². The standard InChI is InChI=1S/C16H20N2O3/c1-11-6-7-18(10-14(11)19)15(16(20)21-2)13-5-3-4-12(8-13)9-17/h3-5,8,11,14-15,19H,6-7,10H2,1-2H3. The Balaban J connectivity index is 2.30. The number of piperidine rings is 1. The maximum absolute atomic E-state index is 12.2. The highest BCUT2D eigenvalue weighted by Gasteiger charge is 2.34. The summed E-state index contributed by atoms with van der Waals surface area (Å²) in [6.45, 7) is 3.15. The van der Waals surface area contributed by atoms with Crippen molar-refractivity contribution >= 4 is 5.97 Å². The maximum atomic E-state index is 12.2. The summed E-state index contributed by atoms with van der Waals surface area (Å²) in [6.07, 6.45) is 0.372. The maximum Gasteiger partial charge on any atom is 0.327 e. The van der Waals surface area contributed by atoms with Gasteiger partial charge in [0, 0.05) is 6.54 Å². The highest BCUT2D eigenvalue weighted by molar-refractivity contribution is 5.77. The molecule has 1 aliphatic heterocycles. The lowest BCUT2D eigenvalue weighted by molar-refractivity contribution is -0.149. The molecule has 21 heavy (non-hydrogen) atoms. The van der Waals surface area contributed by atoms with E-state index in [1.807, 2.05) is 17.9 Å². The number of benzene rings is 1. The Morgan fingerprint density at radius 2 is 2.33 bits per heavy atom. The molecule has 0 bridgehead atoms. The number of carbonyl (C=O) groups excluding carboxylic acids is 1. The molecule has 3 unspecified atom stereocenters. The second-order valence-electron chi connectivity index (χ2n) is 5.49. The van der Waals surface area contributed by atoms with Crippen molar-refractivity contribution in [2.75, 3.05) is 20.2 Å². The molecule has 1 saturated heterocycles. The zero-order valence-electron chi connectivity index (χ0n) is 12.3. The number of carbonyl (C=O) groups is 1. The predicted octanol–water partition coefficient (Wildman–Crippen LogP) is 1.48. The second-order valence-corrected chi connectivity index (χ2v) is 5.49. The SMILES string of the molecule is COC(=O)C(c1cccc(C#N)c1)N1CCC(C)C(O)C1. The average Bonchev–Trinajstić information content (AvgIpc) is 2.51. The number of aliphatic hydroxyl groups is 1. The minimum Gasteiger partial charge on any atom is -0.468 e. The molecule has 3 atom stereocenters. The van der Waals surface area contributed by atoms with Crippen molar-refractivity contribution in [2.45, 2.75) is 25.5 Å². The average molecular weight is 288 g/mol. The van der Waals surface area contributed by atoms with E-state index in [0.29, 0.717) is 12.1 Å². The van der Waals surface area contributed by atoms with Crippen LogP contribution in [-0.4, -0.2) is 42.3 Å². The number of likely N-dealkylation sites (tertiary alicyclic amines) is 1. The van der Waals surface area contributed by atoms with Crippen molar-refractivity contribution < 1.29 is 14.6 Å². The van der Waals surface area contributed by atoms with E-state index in [1.54, 1.807) is 18.2 Å². The number of hydrogen-bond acceptors (Lipinski definition) is 5. The van der Waals surface area contributed by atoms with Gasteiger partial charge in [0.15, 0.2) is 0 Å². The van der Waals surface area contributed by atoms with Crippen molar-refractivity contribution in [3.63, 3.8) is 0 Å². The molecule has 0 saturated carbocycles. The molecule has 1 aromatic carbocycles.